The minimum Gasteiger partial charge on any atom is -0.497 e. The topological polar surface area (TPSA) is 54.0 Å². The van der Waals surface area contributed by atoms with Gasteiger partial charge < -0.3 is 18.9 Å². The van der Waals surface area contributed by atoms with Crippen LogP contribution in [0.15, 0.2) is 36.4 Å². The maximum absolute atomic E-state index is 12.4. The van der Waals surface area contributed by atoms with Crippen molar-refractivity contribution in [3.8, 4) is 17.2 Å². The third-order valence-corrected chi connectivity index (χ3v) is 4.35. The molecule has 1 aliphatic heterocycles. The SMILES string of the molecule is COc1ccc(OC)c(COC(=O)[C@@H]2COc3ccc(Cl)cc3C2)c1. The number of benzene rings is 2. The first kappa shape index (κ1) is 17.4. The van der Waals surface area contributed by atoms with E-state index >= 15 is 0 Å². The van der Waals surface area contributed by atoms with Gasteiger partial charge in [-0.25, -0.2) is 0 Å². The molecule has 3 rings (SSSR count). The zero-order valence-corrected chi connectivity index (χ0v) is 14.8. The van der Waals surface area contributed by atoms with Crippen LogP contribution in [-0.2, 0) is 22.6 Å². The molecule has 0 saturated carbocycles. The lowest BCUT2D eigenvalue weighted by Gasteiger charge is -2.24. The summed E-state index contributed by atoms with van der Waals surface area (Å²) in [5.41, 5.74) is 1.66. The van der Waals surface area contributed by atoms with E-state index in [1.165, 1.54) is 0 Å². The summed E-state index contributed by atoms with van der Waals surface area (Å²) >= 11 is 6.01. The number of ether oxygens (including phenoxy) is 4. The van der Waals surface area contributed by atoms with Gasteiger partial charge >= 0.3 is 5.97 Å². The van der Waals surface area contributed by atoms with Gasteiger partial charge in [-0.1, -0.05) is 11.6 Å². The molecule has 0 radical (unpaired) electrons. The normalized spacial score (nSPS) is 15.7. The number of fused-ring (bicyclic) bond motifs is 1. The van der Waals surface area contributed by atoms with Crippen molar-refractivity contribution in [3.05, 3.63) is 52.5 Å². The molecule has 0 aliphatic carbocycles. The van der Waals surface area contributed by atoms with Gasteiger partial charge in [0.15, 0.2) is 0 Å². The van der Waals surface area contributed by atoms with Crippen molar-refractivity contribution in [3.63, 3.8) is 0 Å². The summed E-state index contributed by atoms with van der Waals surface area (Å²) in [7, 11) is 3.16. The van der Waals surface area contributed by atoms with E-state index in [1.807, 2.05) is 12.1 Å². The second kappa shape index (κ2) is 7.66. The summed E-state index contributed by atoms with van der Waals surface area (Å²) < 4.78 is 21.6. The Balaban J connectivity index is 1.65. The first-order valence-corrected chi connectivity index (χ1v) is 8.27. The van der Waals surface area contributed by atoms with Gasteiger partial charge in [0.05, 0.1) is 20.1 Å². The predicted molar refractivity (Wildman–Crippen MR) is 93.5 cm³/mol. The summed E-state index contributed by atoms with van der Waals surface area (Å²) in [4.78, 5) is 12.4. The minimum atomic E-state index is -0.359. The lowest BCUT2D eigenvalue weighted by atomic mass is 9.97. The highest BCUT2D eigenvalue weighted by Gasteiger charge is 2.27. The molecule has 2 aromatic rings. The van der Waals surface area contributed by atoms with Gasteiger partial charge in [0, 0.05) is 10.6 Å². The third-order valence-electron chi connectivity index (χ3n) is 4.12. The lowest BCUT2D eigenvalue weighted by molar-refractivity contribution is -0.151. The van der Waals surface area contributed by atoms with Gasteiger partial charge in [0.1, 0.15) is 30.5 Å². The van der Waals surface area contributed by atoms with Crippen LogP contribution >= 0.6 is 11.6 Å². The second-order valence-electron chi connectivity index (χ2n) is 5.75. The molecule has 25 heavy (non-hydrogen) atoms. The first-order chi connectivity index (χ1) is 12.1. The van der Waals surface area contributed by atoms with Crippen LogP contribution in [0.2, 0.25) is 5.02 Å². The summed E-state index contributed by atoms with van der Waals surface area (Å²) in [6.45, 7) is 0.404. The number of halogens is 1. The molecule has 0 amide bonds. The second-order valence-corrected chi connectivity index (χ2v) is 6.19. The van der Waals surface area contributed by atoms with E-state index in [1.54, 1.807) is 38.5 Å². The smallest absolute Gasteiger partial charge is 0.313 e. The quantitative estimate of drug-likeness (QED) is 0.760. The van der Waals surface area contributed by atoms with E-state index in [2.05, 4.69) is 0 Å². The van der Waals surface area contributed by atoms with Crippen LogP contribution < -0.4 is 14.2 Å². The number of hydrogen-bond donors (Lipinski definition) is 0. The number of methoxy groups -OCH3 is 2. The Morgan fingerprint density at radius 2 is 2.04 bits per heavy atom. The van der Waals surface area contributed by atoms with E-state index in [4.69, 9.17) is 30.5 Å². The molecule has 0 unspecified atom stereocenters. The minimum absolute atomic E-state index is 0.109. The van der Waals surface area contributed by atoms with Crippen LogP contribution in [0.3, 0.4) is 0 Å². The van der Waals surface area contributed by atoms with Gasteiger partial charge in [0.2, 0.25) is 0 Å². The molecule has 1 heterocycles. The fourth-order valence-electron chi connectivity index (χ4n) is 2.78. The van der Waals surface area contributed by atoms with Crippen molar-refractivity contribution >= 4 is 17.6 Å². The fourth-order valence-corrected chi connectivity index (χ4v) is 2.97. The fraction of sp³-hybridized carbons (Fsp3) is 0.316. The molecule has 1 atom stereocenters. The molecule has 0 aromatic heterocycles. The predicted octanol–water partition coefficient (Wildman–Crippen LogP) is 3.65. The van der Waals surface area contributed by atoms with Crippen LogP contribution in [0.1, 0.15) is 11.1 Å². The third kappa shape index (κ3) is 3.99. The molecule has 2 aromatic carbocycles. The molecule has 0 fully saturated rings. The molecular formula is C19H19ClO5. The number of hydrogen-bond acceptors (Lipinski definition) is 5. The monoisotopic (exact) mass is 362 g/mol. The van der Waals surface area contributed by atoms with Crippen molar-refractivity contribution in [1.29, 1.82) is 0 Å². The highest BCUT2D eigenvalue weighted by Crippen LogP contribution is 2.31. The van der Waals surface area contributed by atoms with Crippen LogP contribution in [0, 0.1) is 5.92 Å². The maximum atomic E-state index is 12.4. The Bertz CT molecular complexity index is 774. The van der Waals surface area contributed by atoms with E-state index in [9.17, 15) is 4.79 Å². The highest BCUT2D eigenvalue weighted by molar-refractivity contribution is 6.30. The van der Waals surface area contributed by atoms with Crippen molar-refractivity contribution in [1.82, 2.24) is 0 Å². The Labute approximate surface area is 151 Å². The zero-order valence-electron chi connectivity index (χ0n) is 14.1. The maximum Gasteiger partial charge on any atom is 0.313 e. The standard InChI is InChI=1S/C19H19ClO5/c1-22-16-4-6-17(23-2)13(9-16)10-25-19(21)14-7-12-8-15(20)3-5-18(12)24-11-14/h3-6,8-9,14H,7,10-11H2,1-2H3/t14-/m0/s1. The van der Waals surface area contributed by atoms with Crippen molar-refractivity contribution in [2.45, 2.75) is 13.0 Å². The average molecular weight is 363 g/mol. The molecule has 1 aliphatic rings. The van der Waals surface area contributed by atoms with E-state index in [0.717, 1.165) is 16.9 Å². The summed E-state index contributed by atoms with van der Waals surface area (Å²) in [5, 5.41) is 0.623. The molecule has 5 nitrogen and oxygen atoms in total. The van der Waals surface area contributed by atoms with Crippen molar-refractivity contribution < 1.29 is 23.7 Å². The molecule has 6 heteroatoms. The number of rotatable bonds is 5. The largest absolute Gasteiger partial charge is 0.497 e. The van der Waals surface area contributed by atoms with Crippen LogP contribution in [0.25, 0.3) is 0 Å². The van der Waals surface area contributed by atoms with Crippen LogP contribution in [-0.4, -0.2) is 26.8 Å². The molecule has 0 N–H and O–H groups in total. The molecule has 0 bridgehead atoms. The first-order valence-electron chi connectivity index (χ1n) is 7.89. The van der Waals surface area contributed by atoms with Crippen molar-refractivity contribution in [2.75, 3.05) is 20.8 Å². The van der Waals surface area contributed by atoms with Gasteiger partial charge in [-0.2, -0.15) is 0 Å². The molecule has 0 saturated heterocycles. The molecule has 0 spiro atoms. The Morgan fingerprint density at radius 1 is 1.20 bits per heavy atom. The number of carbonyl (C=O) groups is 1. The Kier molecular flexibility index (Phi) is 5.34. The van der Waals surface area contributed by atoms with Gasteiger partial charge in [0.25, 0.3) is 0 Å². The van der Waals surface area contributed by atoms with Gasteiger partial charge in [-0.05, 0) is 48.4 Å². The molecule has 132 valence electrons. The van der Waals surface area contributed by atoms with E-state index < -0.39 is 0 Å². The summed E-state index contributed by atoms with van der Waals surface area (Å²) in [5.74, 6) is 1.42. The Morgan fingerprint density at radius 3 is 2.80 bits per heavy atom. The lowest BCUT2D eigenvalue weighted by Crippen LogP contribution is -2.29. The number of esters is 1. The average Bonchev–Trinajstić information content (AvgIpc) is 2.65. The van der Waals surface area contributed by atoms with E-state index in [-0.39, 0.29) is 18.5 Å². The highest BCUT2D eigenvalue weighted by atomic mass is 35.5. The zero-order chi connectivity index (χ0) is 17.8. The van der Waals surface area contributed by atoms with Gasteiger partial charge in [-0.15, -0.1) is 0 Å². The Hall–Kier alpha value is -2.40. The van der Waals surface area contributed by atoms with Crippen LogP contribution in [0.5, 0.6) is 17.2 Å². The summed E-state index contributed by atoms with van der Waals surface area (Å²) in [6, 6.07) is 10.8. The number of carbonyl (C=O) groups excluding carboxylic acids is 1. The molecular weight excluding hydrogens is 344 g/mol. The van der Waals surface area contributed by atoms with Crippen LogP contribution in [0.4, 0.5) is 0 Å². The summed E-state index contributed by atoms with van der Waals surface area (Å²) in [6.07, 6.45) is 0.546. The van der Waals surface area contributed by atoms with E-state index in [0.29, 0.717) is 29.5 Å². The van der Waals surface area contributed by atoms with Gasteiger partial charge in [-0.3, -0.25) is 4.79 Å². The van der Waals surface area contributed by atoms with Crippen molar-refractivity contribution in [2.24, 2.45) is 5.92 Å².